The summed E-state index contributed by atoms with van der Waals surface area (Å²) in [5.41, 5.74) is 4.63. The van der Waals surface area contributed by atoms with Gasteiger partial charge in [0.2, 0.25) is 5.82 Å². The summed E-state index contributed by atoms with van der Waals surface area (Å²) in [5.74, 6) is -0.319. The van der Waals surface area contributed by atoms with Gasteiger partial charge in [0.1, 0.15) is 4.34 Å². The van der Waals surface area contributed by atoms with E-state index in [1.807, 2.05) is 37.4 Å². The van der Waals surface area contributed by atoms with Crippen LogP contribution >= 0.6 is 22.9 Å². The summed E-state index contributed by atoms with van der Waals surface area (Å²) in [6.07, 6.45) is 1.54. The lowest BCUT2D eigenvalue weighted by Crippen LogP contribution is -2.17. The molecule has 2 aromatic heterocycles. The van der Waals surface area contributed by atoms with E-state index in [2.05, 4.69) is 15.3 Å². The molecule has 1 amide bonds. The summed E-state index contributed by atoms with van der Waals surface area (Å²) in [4.78, 5) is 21.0. The Labute approximate surface area is 154 Å². The lowest BCUT2D eigenvalue weighted by atomic mass is 10.0. The number of carbonyl (C=O) groups is 1. The van der Waals surface area contributed by atoms with E-state index in [1.165, 1.54) is 11.3 Å². The third kappa shape index (κ3) is 3.71. The number of aromatic nitrogens is 2. The molecule has 7 heteroatoms. The number of hydrogen-bond acceptors (Lipinski definition) is 5. The van der Waals surface area contributed by atoms with E-state index in [-0.39, 0.29) is 12.4 Å². The topological polar surface area (TPSA) is 75.1 Å². The van der Waals surface area contributed by atoms with Crippen molar-refractivity contribution in [3.05, 3.63) is 62.7 Å². The van der Waals surface area contributed by atoms with Gasteiger partial charge in [0.25, 0.3) is 5.91 Å². The first kappa shape index (κ1) is 17.5. The zero-order valence-corrected chi connectivity index (χ0v) is 15.3. The molecule has 0 radical (unpaired) electrons. The third-order valence-electron chi connectivity index (χ3n) is 3.77. The number of rotatable bonds is 4. The van der Waals surface area contributed by atoms with E-state index in [1.54, 1.807) is 12.3 Å². The molecule has 3 rings (SSSR count). The van der Waals surface area contributed by atoms with Crippen molar-refractivity contribution in [2.45, 2.75) is 20.5 Å². The summed E-state index contributed by atoms with van der Waals surface area (Å²) in [6.45, 7) is 3.72. The molecular weight excluding hydrogens is 358 g/mol. The molecule has 0 aliphatic carbocycles. The molecule has 1 aromatic carbocycles. The summed E-state index contributed by atoms with van der Waals surface area (Å²) in [7, 11) is 0. The molecule has 2 heterocycles. The van der Waals surface area contributed by atoms with Crippen molar-refractivity contribution >= 4 is 34.5 Å². The first-order chi connectivity index (χ1) is 12.0. The molecule has 25 heavy (non-hydrogen) atoms. The molecular formula is C18H16ClN3O2S. The van der Waals surface area contributed by atoms with Gasteiger partial charge in [-0.05, 0) is 48.1 Å². The molecule has 2 N–H and O–H groups in total. The van der Waals surface area contributed by atoms with Gasteiger partial charge < -0.3 is 10.4 Å². The van der Waals surface area contributed by atoms with Gasteiger partial charge in [-0.15, -0.1) is 11.3 Å². The summed E-state index contributed by atoms with van der Waals surface area (Å²) in [6, 6.07) is 7.26. The fraction of sp³-hybridized carbons (Fsp3) is 0.167. The Balaban J connectivity index is 1.89. The Morgan fingerprint density at radius 1 is 1.28 bits per heavy atom. The zero-order chi connectivity index (χ0) is 18.0. The van der Waals surface area contributed by atoms with E-state index >= 15 is 0 Å². The van der Waals surface area contributed by atoms with Crippen molar-refractivity contribution in [1.82, 2.24) is 9.97 Å². The lowest BCUT2D eigenvalue weighted by Gasteiger charge is -2.13. The van der Waals surface area contributed by atoms with Crippen LogP contribution in [-0.4, -0.2) is 21.0 Å². The highest BCUT2D eigenvalue weighted by atomic mass is 35.5. The zero-order valence-electron chi connectivity index (χ0n) is 13.7. The molecule has 0 unspecified atom stereocenters. The van der Waals surface area contributed by atoms with Crippen LogP contribution in [0.4, 0.5) is 5.69 Å². The van der Waals surface area contributed by atoms with Crippen molar-refractivity contribution < 1.29 is 9.90 Å². The van der Waals surface area contributed by atoms with Gasteiger partial charge in [-0.25, -0.2) is 9.97 Å². The van der Waals surface area contributed by atoms with E-state index in [4.69, 9.17) is 11.6 Å². The highest BCUT2D eigenvalue weighted by Gasteiger charge is 2.15. The van der Waals surface area contributed by atoms with Gasteiger partial charge in [-0.2, -0.15) is 0 Å². The van der Waals surface area contributed by atoms with Gasteiger partial charge in [-0.3, -0.25) is 4.79 Å². The number of nitrogens with one attached hydrogen (secondary N) is 1. The van der Waals surface area contributed by atoms with Crippen molar-refractivity contribution in [2.75, 3.05) is 5.32 Å². The fourth-order valence-electron chi connectivity index (χ4n) is 2.61. The second-order valence-corrected chi connectivity index (χ2v) is 7.11. The number of amides is 1. The molecule has 0 saturated heterocycles. The largest absolute Gasteiger partial charge is 0.392 e. The van der Waals surface area contributed by atoms with Crippen LogP contribution in [0.3, 0.4) is 0 Å². The number of aliphatic hydroxyl groups excluding tert-OH is 1. The van der Waals surface area contributed by atoms with Crippen molar-refractivity contribution in [3.8, 4) is 11.3 Å². The summed E-state index contributed by atoms with van der Waals surface area (Å²) < 4.78 is 0.622. The predicted molar refractivity (Wildman–Crippen MR) is 100 cm³/mol. The fourth-order valence-corrected chi connectivity index (χ4v) is 3.54. The van der Waals surface area contributed by atoms with Crippen LogP contribution in [-0.2, 0) is 6.61 Å². The molecule has 0 atom stereocenters. The van der Waals surface area contributed by atoms with Crippen LogP contribution in [0.1, 0.15) is 27.3 Å². The van der Waals surface area contributed by atoms with Crippen LogP contribution in [0.2, 0.25) is 4.34 Å². The standard InChI is InChI=1S/C18H16ClN3O2S/c1-10-7-12(9-23)8-11(2)15(10)22-18(24)17-20-5-3-14(21-17)13-4-6-25-16(13)19/h3-8,23H,9H2,1-2H3,(H,22,24). The molecule has 0 aliphatic heterocycles. The average Bonchev–Trinajstić information content (AvgIpc) is 3.03. The van der Waals surface area contributed by atoms with E-state index in [9.17, 15) is 9.90 Å². The van der Waals surface area contributed by atoms with Crippen LogP contribution in [0.15, 0.2) is 35.8 Å². The molecule has 0 saturated carbocycles. The molecule has 0 bridgehead atoms. The van der Waals surface area contributed by atoms with Gasteiger partial charge in [0.15, 0.2) is 0 Å². The number of nitrogens with zero attached hydrogens (tertiary/aromatic N) is 2. The third-order valence-corrected chi connectivity index (χ3v) is 4.94. The Morgan fingerprint density at radius 3 is 2.60 bits per heavy atom. The van der Waals surface area contributed by atoms with Crippen LogP contribution < -0.4 is 5.32 Å². The normalized spacial score (nSPS) is 10.7. The molecule has 3 aromatic rings. The van der Waals surface area contributed by atoms with Gasteiger partial charge in [-0.1, -0.05) is 23.7 Å². The maximum atomic E-state index is 12.6. The number of carbonyl (C=O) groups excluding carboxylic acids is 1. The Morgan fingerprint density at radius 2 is 2.00 bits per heavy atom. The van der Waals surface area contributed by atoms with E-state index in [0.29, 0.717) is 15.7 Å². The molecule has 5 nitrogen and oxygen atoms in total. The number of benzene rings is 1. The van der Waals surface area contributed by atoms with E-state index < -0.39 is 5.91 Å². The van der Waals surface area contributed by atoms with Gasteiger partial charge in [0, 0.05) is 17.4 Å². The minimum Gasteiger partial charge on any atom is -0.392 e. The Kier molecular flexibility index (Phi) is 5.13. The molecule has 0 aliphatic rings. The highest BCUT2D eigenvalue weighted by molar-refractivity contribution is 7.15. The van der Waals surface area contributed by atoms with Crippen LogP contribution in [0.5, 0.6) is 0 Å². The van der Waals surface area contributed by atoms with Crippen molar-refractivity contribution in [3.63, 3.8) is 0 Å². The SMILES string of the molecule is Cc1cc(CO)cc(C)c1NC(=O)c1nccc(-c2ccsc2Cl)n1. The van der Waals surface area contributed by atoms with Crippen molar-refractivity contribution in [2.24, 2.45) is 0 Å². The first-order valence-electron chi connectivity index (χ1n) is 7.58. The number of halogens is 1. The van der Waals surface area contributed by atoms with Crippen LogP contribution in [0.25, 0.3) is 11.3 Å². The second-order valence-electron chi connectivity index (χ2n) is 5.59. The Bertz CT molecular complexity index is 917. The molecule has 128 valence electrons. The second kappa shape index (κ2) is 7.31. The maximum absolute atomic E-state index is 12.6. The number of aryl methyl sites for hydroxylation is 2. The average molecular weight is 374 g/mol. The number of hydrogen-bond donors (Lipinski definition) is 2. The minimum absolute atomic E-state index is 0.0392. The molecule has 0 spiro atoms. The summed E-state index contributed by atoms with van der Waals surface area (Å²) >= 11 is 7.55. The summed E-state index contributed by atoms with van der Waals surface area (Å²) in [5, 5.41) is 14.0. The first-order valence-corrected chi connectivity index (χ1v) is 8.84. The van der Waals surface area contributed by atoms with Gasteiger partial charge in [0.05, 0.1) is 12.3 Å². The van der Waals surface area contributed by atoms with Crippen molar-refractivity contribution in [1.29, 1.82) is 0 Å². The number of aliphatic hydroxyl groups is 1. The number of anilines is 1. The highest BCUT2D eigenvalue weighted by Crippen LogP contribution is 2.31. The maximum Gasteiger partial charge on any atom is 0.293 e. The minimum atomic E-state index is -0.392. The van der Waals surface area contributed by atoms with Gasteiger partial charge >= 0.3 is 0 Å². The quantitative estimate of drug-likeness (QED) is 0.718. The molecule has 0 fully saturated rings. The lowest BCUT2D eigenvalue weighted by molar-refractivity contribution is 0.101. The van der Waals surface area contributed by atoms with Crippen LogP contribution in [0, 0.1) is 13.8 Å². The monoisotopic (exact) mass is 373 g/mol. The van der Waals surface area contributed by atoms with E-state index in [0.717, 1.165) is 22.3 Å². The number of thiophene rings is 1. The predicted octanol–water partition coefficient (Wildman–Crippen LogP) is 4.22. The smallest absolute Gasteiger partial charge is 0.293 e. The Hall–Kier alpha value is -2.28.